The maximum absolute atomic E-state index is 12.4. The Hall–Kier alpha value is -2.92. The van der Waals surface area contributed by atoms with Crippen LogP contribution in [-0.4, -0.2) is 57.8 Å². The van der Waals surface area contributed by atoms with Crippen molar-refractivity contribution in [1.82, 2.24) is 25.3 Å². The molecule has 2 atom stereocenters. The second-order valence-electron chi connectivity index (χ2n) is 7.07. The molecule has 2 unspecified atom stereocenters. The van der Waals surface area contributed by atoms with Gasteiger partial charge in [0.15, 0.2) is 5.82 Å². The summed E-state index contributed by atoms with van der Waals surface area (Å²) in [6.45, 7) is -0.985. The summed E-state index contributed by atoms with van der Waals surface area (Å²) in [7, 11) is 0. The van der Waals surface area contributed by atoms with Gasteiger partial charge in [-0.2, -0.15) is 13.2 Å². The molecule has 3 aromatic heterocycles. The molecule has 1 saturated heterocycles. The van der Waals surface area contributed by atoms with Gasteiger partial charge in [-0.3, -0.25) is 4.79 Å². The van der Waals surface area contributed by atoms with Crippen LogP contribution in [0, 0.1) is 5.92 Å². The van der Waals surface area contributed by atoms with E-state index in [-0.39, 0.29) is 10.9 Å². The third kappa shape index (κ3) is 5.05. The van der Waals surface area contributed by atoms with Gasteiger partial charge in [-0.25, -0.2) is 15.0 Å². The Balaban J connectivity index is 0.00000193. The number of hydrogen-bond acceptors (Lipinski definition) is 6. The van der Waals surface area contributed by atoms with Crippen molar-refractivity contribution in [3.63, 3.8) is 0 Å². The topological polar surface area (TPSA) is 105 Å². The lowest BCUT2D eigenvalue weighted by molar-refractivity contribution is -0.143. The molecule has 170 valence electrons. The van der Waals surface area contributed by atoms with Gasteiger partial charge in [-0.15, -0.1) is 0 Å². The third-order valence-electron chi connectivity index (χ3n) is 4.88. The van der Waals surface area contributed by atoms with Crippen LogP contribution in [0.1, 0.15) is 10.7 Å². The van der Waals surface area contributed by atoms with Gasteiger partial charge < -0.3 is 20.4 Å². The number of nitrogens with zero attached hydrogens (tertiary/aromatic N) is 3. The predicted molar refractivity (Wildman–Crippen MR) is 114 cm³/mol. The number of ether oxygens (including phenoxy) is 1. The Bertz CT molecular complexity index is 1100. The second kappa shape index (κ2) is 8.67. The molecule has 0 saturated carbocycles. The molecule has 1 aliphatic rings. The molecule has 4 rings (SSSR count). The van der Waals surface area contributed by atoms with E-state index in [9.17, 15) is 18.0 Å². The number of halogens is 4. The number of carbonyl (C=O) groups excluding carboxylic acids is 1. The second-order valence-corrected chi connectivity index (χ2v) is 7.51. The van der Waals surface area contributed by atoms with Gasteiger partial charge >= 0.3 is 6.18 Å². The summed E-state index contributed by atoms with van der Waals surface area (Å²) in [5.41, 5.74) is 1.33. The zero-order valence-electron chi connectivity index (χ0n) is 16.0. The lowest BCUT2D eigenvalue weighted by atomic mass is 9.94. The summed E-state index contributed by atoms with van der Waals surface area (Å²) in [5, 5.41) is 6.29. The molecule has 1 aliphatic heterocycles. The molecule has 0 bridgehead atoms. The first-order valence-corrected chi connectivity index (χ1v) is 9.83. The Kier molecular flexibility index (Phi) is 5.96. The van der Waals surface area contributed by atoms with Gasteiger partial charge in [-0.1, -0.05) is 11.6 Å². The van der Waals surface area contributed by atoms with Crippen LogP contribution in [-0.2, 0) is 9.53 Å². The number of aromatic nitrogens is 4. The molecule has 3 aromatic rings. The van der Waals surface area contributed by atoms with E-state index in [1.54, 1.807) is 24.5 Å². The van der Waals surface area contributed by atoms with Gasteiger partial charge in [0.1, 0.15) is 18.0 Å². The minimum atomic E-state index is -4.48. The van der Waals surface area contributed by atoms with Crippen molar-refractivity contribution in [2.75, 3.05) is 25.1 Å². The van der Waals surface area contributed by atoms with E-state index in [0.717, 1.165) is 5.39 Å². The van der Waals surface area contributed by atoms with Crippen molar-refractivity contribution in [1.29, 1.82) is 0 Å². The average Bonchev–Trinajstić information content (AvgIpc) is 3.15. The van der Waals surface area contributed by atoms with Crippen LogP contribution >= 0.6 is 11.6 Å². The maximum Gasteiger partial charge on any atom is 0.405 e. The van der Waals surface area contributed by atoms with Crippen molar-refractivity contribution in [2.45, 2.75) is 18.6 Å². The van der Waals surface area contributed by atoms with E-state index in [0.29, 0.717) is 40.9 Å². The summed E-state index contributed by atoms with van der Waals surface area (Å²) in [5.74, 6) is -0.660. The van der Waals surface area contributed by atoms with Crippen LogP contribution in [0.3, 0.4) is 0 Å². The van der Waals surface area contributed by atoms with Crippen LogP contribution < -0.4 is 10.6 Å². The number of pyridine rings is 1. The number of fused-ring (bicyclic) bond motifs is 1. The quantitative estimate of drug-likeness (QED) is 0.533. The first-order valence-electron chi connectivity index (χ1n) is 9.45. The number of hydrogen-bond donors (Lipinski definition) is 3. The highest BCUT2D eigenvalue weighted by molar-refractivity contribution is 6.31. The molecule has 1 amide bonds. The standard InChI is InChI=1S/C19H18ClF3N6O2.3H2/c20-10-5-11-12(7-26-16(11)25-6-10)17-24-3-1-15(29-17)28-14-2-4-31-8-13(14)18(30)27-9-19(21,22)23;;;/h1,3,5-7,13-14H,2,4,8-9H2,(H,25,26)(H,27,30)(H,24,28,29);3*1H. The number of rotatable bonds is 5. The number of aromatic amines is 1. The van der Waals surface area contributed by atoms with Crippen molar-refractivity contribution in [3.05, 3.63) is 35.7 Å². The molecule has 4 heterocycles. The molecule has 12 heteroatoms. The first-order chi connectivity index (χ1) is 14.8. The largest absolute Gasteiger partial charge is 0.405 e. The molecule has 3 N–H and O–H groups in total. The van der Waals surface area contributed by atoms with Crippen molar-refractivity contribution in [2.24, 2.45) is 5.92 Å². The smallest absolute Gasteiger partial charge is 0.380 e. The fourth-order valence-corrected chi connectivity index (χ4v) is 3.57. The molecular weight excluding hydrogens is 437 g/mol. The first kappa shape index (κ1) is 21.3. The van der Waals surface area contributed by atoms with Crippen molar-refractivity contribution < 1.29 is 27.0 Å². The lowest BCUT2D eigenvalue weighted by Crippen LogP contribution is -2.48. The van der Waals surface area contributed by atoms with E-state index in [1.807, 2.05) is 5.32 Å². The molecule has 8 nitrogen and oxygen atoms in total. The number of anilines is 1. The number of alkyl halides is 3. The van der Waals surface area contributed by atoms with Gasteiger partial charge in [0, 0.05) is 46.5 Å². The van der Waals surface area contributed by atoms with E-state index < -0.39 is 30.6 Å². The number of amides is 1. The monoisotopic (exact) mass is 460 g/mol. The lowest BCUT2D eigenvalue weighted by Gasteiger charge is -2.31. The fraction of sp³-hybridized carbons (Fsp3) is 0.368. The molecule has 0 aliphatic carbocycles. The summed E-state index contributed by atoms with van der Waals surface area (Å²) in [4.78, 5) is 28.3. The Morgan fingerprint density at radius 2 is 2.23 bits per heavy atom. The fourth-order valence-electron chi connectivity index (χ4n) is 3.41. The Morgan fingerprint density at radius 1 is 1.39 bits per heavy atom. The number of nitrogens with one attached hydrogen (secondary N) is 3. The van der Waals surface area contributed by atoms with E-state index in [4.69, 9.17) is 16.3 Å². The van der Waals surface area contributed by atoms with Crippen LogP contribution in [0.25, 0.3) is 22.4 Å². The van der Waals surface area contributed by atoms with Crippen LogP contribution in [0.4, 0.5) is 19.0 Å². The predicted octanol–water partition coefficient (Wildman–Crippen LogP) is 3.91. The van der Waals surface area contributed by atoms with Crippen molar-refractivity contribution in [3.8, 4) is 11.4 Å². The molecule has 1 fully saturated rings. The van der Waals surface area contributed by atoms with Gasteiger partial charge in [-0.05, 0) is 18.6 Å². The molecule has 0 radical (unpaired) electrons. The molecular formula is C19H24ClF3N6O2. The molecule has 0 aromatic carbocycles. The number of H-pyrrole nitrogens is 1. The highest BCUT2D eigenvalue weighted by atomic mass is 35.5. The molecule has 0 spiro atoms. The summed E-state index contributed by atoms with van der Waals surface area (Å²) >= 11 is 6.04. The van der Waals surface area contributed by atoms with Crippen LogP contribution in [0.15, 0.2) is 30.7 Å². The van der Waals surface area contributed by atoms with Crippen LogP contribution in [0.2, 0.25) is 5.02 Å². The normalized spacial score (nSPS) is 19.4. The minimum Gasteiger partial charge on any atom is -0.380 e. The summed E-state index contributed by atoms with van der Waals surface area (Å²) < 4.78 is 42.7. The SMILES string of the molecule is O=C(NCC(F)(F)F)C1COCCC1Nc1ccnc(-c2c[nH]c3ncc(Cl)cc23)n1.[HH].[HH].[HH]. The third-order valence-corrected chi connectivity index (χ3v) is 5.09. The molecule has 31 heavy (non-hydrogen) atoms. The van der Waals surface area contributed by atoms with E-state index >= 15 is 0 Å². The minimum absolute atomic E-state index is 0. The average molecular weight is 461 g/mol. The Morgan fingerprint density at radius 3 is 3.03 bits per heavy atom. The Labute approximate surface area is 184 Å². The van der Waals surface area contributed by atoms with Gasteiger partial charge in [0.05, 0.1) is 17.5 Å². The maximum atomic E-state index is 12.4. The number of carbonyl (C=O) groups is 1. The van der Waals surface area contributed by atoms with Crippen LogP contribution in [0.5, 0.6) is 0 Å². The van der Waals surface area contributed by atoms with Crippen molar-refractivity contribution >= 4 is 34.4 Å². The highest BCUT2D eigenvalue weighted by Crippen LogP contribution is 2.28. The highest BCUT2D eigenvalue weighted by Gasteiger charge is 2.35. The van der Waals surface area contributed by atoms with Gasteiger partial charge in [0.25, 0.3) is 0 Å². The zero-order chi connectivity index (χ0) is 22.0. The zero-order valence-corrected chi connectivity index (χ0v) is 16.8. The summed E-state index contributed by atoms with van der Waals surface area (Å²) in [6, 6.07) is 2.94. The summed E-state index contributed by atoms with van der Waals surface area (Å²) in [6.07, 6.45) is 0.759. The van der Waals surface area contributed by atoms with E-state index in [1.165, 1.54) is 6.20 Å². The van der Waals surface area contributed by atoms with Gasteiger partial charge in [0.2, 0.25) is 5.91 Å². The van der Waals surface area contributed by atoms with E-state index in [2.05, 4.69) is 25.3 Å².